The summed E-state index contributed by atoms with van der Waals surface area (Å²) >= 11 is 3.27. The topological polar surface area (TPSA) is 43.1 Å². The lowest BCUT2D eigenvalue weighted by molar-refractivity contribution is -0.387. The molecular formula is C11H11BrFNO2. The molecule has 0 aromatic heterocycles. The van der Waals surface area contributed by atoms with Crippen molar-refractivity contribution >= 4 is 27.7 Å². The second kappa shape index (κ2) is 5.75. The van der Waals surface area contributed by atoms with Gasteiger partial charge < -0.3 is 0 Å². The van der Waals surface area contributed by atoms with Gasteiger partial charge in [-0.1, -0.05) is 28.1 Å². The summed E-state index contributed by atoms with van der Waals surface area (Å²) in [4.78, 5) is 9.77. The van der Waals surface area contributed by atoms with E-state index in [1.165, 1.54) is 12.1 Å². The molecule has 0 aliphatic rings. The van der Waals surface area contributed by atoms with E-state index in [9.17, 15) is 14.5 Å². The van der Waals surface area contributed by atoms with Crippen LogP contribution >= 0.6 is 15.9 Å². The first-order valence-electron chi connectivity index (χ1n) is 4.73. The van der Waals surface area contributed by atoms with E-state index in [0.29, 0.717) is 11.1 Å². The number of aryl methyl sites for hydroxylation is 1. The number of benzene rings is 1. The van der Waals surface area contributed by atoms with Crippen LogP contribution in [0.1, 0.15) is 17.5 Å². The molecule has 0 N–H and O–H groups in total. The Morgan fingerprint density at radius 3 is 2.81 bits per heavy atom. The Hall–Kier alpha value is -1.23. The van der Waals surface area contributed by atoms with E-state index in [1.54, 1.807) is 13.0 Å². The number of halogens is 2. The van der Waals surface area contributed by atoms with Gasteiger partial charge >= 0.3 is 5.69 Å². The van der Waals surface area contributed by atoms with Gasteiger partial charge in [-0.3, -0.25) is 10.1 Å². The lowest BCUT2D eigenvalue weighted by Crippen LogP contribution is -1.95. The SMILES string of the molecule is Cc1cc([N+](=O)[O-])c(F)cc1C=CCCBr. The zero-order chi connectivity index (χ0) is 12.1. The van der Waals surface area contributed by atoms with Crippen molar-refractivity contribution < 1.29 is 9.31 Å². The van der Waals surface area contributed by atoms with Crippen molar-refractivity contribution in [3.63, 3.8) is 0 Å². The molecule has 16 heavy (non-hydrogen) atoms. The van der Waals surface area contributed by atoms with E-state index in [4.69, 9.17) is 0 Å². The second-order valence-electron chi connectivity index (χ2n) is 3.30. The molecule has 0 saturated carbocycles. The van der Waals surface area contributed by atoms with Gasteiger partial charge in [-0.2, -0.15) is 4.39 Å². The van der Waals surface area contributed by atoms with Crippen molar-refractivity contribution in [3.8, 4) is 0 Å². The number of hydrogen-bond acceptors (Lipinski definition) is 2. The minimum absolute atomic E-state index is 0.477. The fraction of sp³-hybridized carbons (Fsp3) is 0.273. The second-order valence-corrected chi connectivity index (χ2v) is 4.09. The molecule has 0 aliphatic carbocycles. The third-order valence-electron chi connectivity index (χ3n) is 2.11. The predicted octanol–water partition coefficient (Wildman–Crippen LogP) is 3.84. The maximum Gasteiger partial charge on any atom is 0.305 e. The monoisotopic (exact) mass is 287 g/mol. The van der Waals surface area contributed by atoms with Gasteiger partial charge in [0.1, 0.15) is 0 Å². The Labute approximate surface area is 101 Å². The maximum atomic E-state index is 13.3. The third kappa shape index (κ3) is 3.13. The van der Waals surface area contributed by atoms with Gasteiger partial charge in [0.05, 0.1) is 4.92 Å². The molecule has 0 heterocycles. The summed E-state index contributed by atoms with van der Waals surface area (Å²) in [6.07, 6.45) is 4.49. The number of allylic oxidation sites excluding steroid dienone is 1. The average molecular weight is 288 g/mol. The zero-order valence-corrected chi connectivity index (χ0v) is 10.3. The molecule has 0 bridgehead atoms. The molecule has 0 saturated heterocycles. The molecule has 5 heteroatoms. The molecule has 86 valence electrons. The smallest absolute Gasteiger partial charge is 0.258 e. The molecule has 1 rings (SSSR count). The van der Waals surface area contributed by atoms with E-state index in [0.717, 1.165) is 11.8 Å². The Morgan fingerprint density at radius 2 is 2.25 bits per heavy atom. The van der Waals surface area contributed by atoms with E-state index in [-0.39, 0.29) is 0 Å². The highest BCUT2D eigenvalue weighted by molar-refractivity contribution is 9.09. The highest BCUT2D eigenvalue weighted by Crippen LogP contribution is 2.22. The average Bonchev–Trinajstić information content (AvgIpc) is 2.22. The van der Waals surface area contributed by atoms with Crippen molar-refractivity contribution in [1.29, 1.82) is 0 Å². The summed E-state index contributed by atoms with van der Waals surface area (Å²) in [6, 6.07) is 2.45. The molecular weight excluding hydrogens is 277 g/mol. The van der Waals surface area contributed by atoms with Crippen LogP contribution in [0.15, 0.2) is 18.2 Å². The summed E-state index contributed by atoms with van der Waals surface area (Å²) in [7, 11) is 0. The van der Waals surface area contributed by atoms with Crippen LogP contribution in [0.25, 0.3) is 6.08 Å². The van der Waals surface area contributed by atoms with E-state index < -0.39 is 16.4 Å². The van der Waals surface area contributed by atoms with Gasteiger partial charge in [0.15, 0.2) is 0 Å². The first-order chi connectivity index (χ1) is 7.56. The quantitative estimate of drug-likeness (QED) is 0.480. The first kappa shape index (κ1) is 12.8. The lowest BCUT2D eigenvalue weighted by atomic mass is 10.1. The van der Waals surface area contributed by atoms with Gasteiger partial charge in [-0.15, -0.1) is 0 Å². The molecule has 1 aromatic rings. The standard InChI is InChI=1S/C11H11BrFNO2/c1-8-6-11(14(15)16)10(13)7-9(8)4-2-3-5-12/h2,4,6-7H,3,5H2,1H3. The highest BCUT2D eigenvalue weighted by atomic mass is 79.9. The van der Waals surface area contributed by atoms with Gasteiger partial charge in [0, 0.05) is 11.4 Å². The van der Waals surface area contributed by atoms with Crippen LogP contribution in [-0.4, -0.2) is 10.3 Å². The molecule has 0 radical (unpaired) electrons. The van der Waals surface area contributed by atoms with Gasteiger partial charge in [0.2, 0.25) is 5.82 Å². The Morgan fingerprint density at radius 1 is 1.56 bits per heavy atom. The molecule has 0 fully saturated rings. The van der Waals surface area contributed by atoms with Crippen LogP contribution in [0.3, 0.4) is 0 Å². The van der Waals surface area contributed by atoms with E-state index in [1.807, 2.05) is 6.08 Å². The van der Waals surface area contributed by atoms with Crippen molar-refractivity contribution in [2.24, 2.45) is 0 Å². The lowest BCUT2D eigenvalue weighted by Gasteiger charge is -2.01. The van der Waals surface area contributed by atoms with Crippen LogP contribution in [0.5, 0.6) is 0 Å². The Balaban J connectivity index is 3.05. The molecule has 1 aromatic carbocycles. The third-order valence-corrected chi connectivity index (χ3v) is 2.56. The summed E-state index contributed by atoms with van der Waals surface area (Å²) in [5, 5.41) is 11.3. The summed E-state index contributed by atoms with van der Waals surface area (Å²) in [6.45, 7) is 1.72. The van der Waals surface area contributed by atoms with Crippen molar-refractivity contribution in [2.45, 2.75) is 13.3 Å². The zero-order valence-electron chi connectivity index (χ0n) is 8.74. The molecule has 0 unspecified atom stereocenters. The van der Waals surface area contributed by atoms with Crippen molar-refractivity contribution in [2.75, 3.05) is 5.33 Å². The van der Waals surface area contributed by atoms with Gasteiger partial charge in [-0.25, -0.2) is 0 Å². The predicted molar refractivity (Wildman–Crippen MR) is 65.2 cm³/mol. The highest BCUT2D eigenvalue weighted by Gasteiger charge is 2.15. The van der Waals surface area contributed by atoms with Crippen molar-refractivity contribution in [1.82, 2.24) is 0 Å². The summed E-state index contributed by atoms with van der Waals surface area (Å²) in [5.41, 5.74) is 0.887. The summed E-state index contributed by atoms with van der Waals surface area (Å²) in [5.74, 6) is -0.797. The number of nitro groups is 1. The molecule has 0 spiro atoms. The fourth-order valence-corrected chi connectivity index (χ4v) is 1.54. The van der Waals surface area contributed by atoms with E-state index >= 15 is 0 Å². The van der Waals surface area contributed by atoms with Gasteiger partial charge in [0.25, 0.3) is 0 Å². The normalized spacial score (nSPS) is 10.9. The van der Waals surface area contributed by atoms with Crippen molar-refractivity contribution in [3.05, 3.63) is 45.3 Å². The van der Waals surface area contributed by atoms with Crippen LogP contribution in [-0.2, 0) is 0 Å². The number of nitro benzene ring substituents is 1. The number of rotatable bonds is 4. The number of alkyl halides is 1. The molecule has 0 aliphatic heterocycles. The first-order valence-corrected chi connectivity index (χ1v) is 5.85. The Bertz CT molecular complexity index is 432. The van der Waals surface area contributed by atoms with Crippen LogP contribution < -0.4 is 0 Å². The summed E-state index contributed by atoms with van der Waals surface area (Å²) < 4.78 is 13.3. The molecule has 0 amide bonds. The minimum atomic E-state index is -0.797. The largest absolute Gasteiger partial charge is 0.305 e. The van der Waals surface area contributed by atoms with Gasteiger partial charge in [-0.05, 0) is 30.5 Å². The number of hydrogen-bond donors (Lipinski definition) is 0. The fourth-order valence-electron chi connectivity index (χ4n) is 1.27. The minimum Gasteiger partial charge on any atom is -0.258 e. The van der Waals surface area contributed by atoms with E-state index in [2.05, 4.69) is 15.9 Å². The molecule has 3 nitrogen and oxygen atoms in total. The van der Waals surface area contributed by atoms with Crippen LogP contribution in [0.2, 0.25) is 0 Å². The maximum absolute atomic E-state index is 13.3. The molecule has 0 atom stereocenters. The van der Waals surface area contributed by atoms with Crippen LogP contribution in [0, 0.1) is 22.9 Å². The Kier molecular flexibility index (Phi) is 4.61. The number of nitrogens with zero attached hydrogens (tertiary/aromatic N) is 1. The van der Waals surface area contributed by atoms with Crippen LogP contribution in [0.4, 0.5) is 10.1 Å².